The summed E-state index contributed by atoms with van der Waals surface area (Å²) < 4.78 is 26.8. The van der Waals surface area contributed by atoms with E-state index >= 15 is 0 Å². The first kappa shape index (κ1) is 17.4. The molecule has 2 aliphatic rings. The van der Waals surface area contributed by atoms with E-state index in [0.717, 1.165) is 40.2 Å². The van der Waals surface area contributed by atoms with Crippen LogP contribution in [0.3, 0.4) is 0 Å². The first-order valence-corrected chi connectivity index (χ1v) is 9.34. The summed E-state index contributed by atoms with van der Waals surface area (Å²) in [6.45, 7) is 0. The quantitative estimate of drug-likeness (QED) is 0.704. The molecule has 1 aliphatic heterocycles. The van der Waals surface area contributed by atoms with Crippen LogP contribution in [0.5, 0.6) is 11.5 Å². The summed E-state index contributed by atoms with van der Waals surface area (Å²) in [4.78, 5) is 0.976. The van der Waals surface area contributed by atoms with Crippen LogP contribution in [0.1, 0.15) is 18.4 Å². The molecule has 1 aromatic carbocycles. The molecular formula is C21H19NO4S. The van der Waals surface area contributed by atoms with E-state index in [4.69, 9.17) is 18.9 Å². The predicted octanol–water partition coefficient (Wildman–Crippen LogP) is 5.29. The smallest absolute Gasteiger partial charge is 0.172 e. The Bertz CT molecular complexity index is 968. The number of ether oxygens (including phenoxy) is 4. The van der Waals surface area contributed by atoms with E-state index in [1.54, 1.807) is 32.9 Å². The maximum Gasteiger partial charge on any atom is 0.172 e. The molecule has 1 aliphatic carbocycles. The second-order valence-electron chi connectivity index (χ2n) is 6.00. The number of allylic oxidation sites excluding steroid dienone is 4. The Hall–Kier alpha value is -2.99. The van der Waals surface area contributed by atoms with Crippen molar-refractivity contribution in [2.45, 2.75) is 12.8 Å². The van der Waals surface area contributed by atoms with Gasteiger partial charge >= 0.3 is 0 Å². The van der Waals surface area contributed by atoms with Gasteiger partial charge in [0.1, 0.15) is 12.5 Å². The van der Waals surface area contributed by atoms with Gasteiger partial charge in [-0.25, -0.2) is 0 Å². The number of methoxy groups -OCH3 is 2. The second kappa shape index (κ2) is 7.72. The Balaban J connectivity index is 1.64. The van der Waals surface area contributed by atoms with Crippen molar-refractivity contribution in [3.63, 3.8) is 0 Å². The summed E-state index contributed by atoms with van der Waals surface area (Å²) in [7, 11) is 3.25. The van der Waals surface area contributed by atoms with Crippen molar-refractivity contribution >= 4 is 17.3 Å². The van der Waals surface area contributed by atoms with Gasteiger partial charge in [0.05, 0.1) is 30.9 Å². The van der Waals surface area contributed by atoms with Crippen LogP contribution in [-0.4, -0.2) is 18.6 Å². The lowest BCUT2D eigenvalue weighted by atomic mass is 10.0. The third kappa shape index (κ3) is 3.48. The van der Waals surface area contributed by atoms with Gasteiger partial charge in [-0.05, 0) is 53.7 Å². The highest BCUT2D eigenvalue weighted by molar-refractivity contribution is 7.09. The lowest BCUT2D eigenvalue weighted by molar-refractivity contribution is 0.285. The Morgan fingerprint density at radius 3 is 2.70 bits per heavy atom. The summed E-state index contributed by atoms with van der Waals surface area (Å²) in [5.41, 5.74) is 2.98. The summed E-state index contributed by atoms with van der Waals surface area (Å²) >= 11 is 1.40. The molecule has 6 heteroatoms. The molecule has 0 saturated heterocycles. The third-order valence-corrected chi connectivity index (χ3v) is 5.23. The Kier molecular flexibility index (Phi) is 4.98. The van der Waals surface area contributed by atoms with Crippen molar-refractivity contribution in [2.75, 3.05) is 14.2 Å². The van der Waals surface area contributed by atoms with Crippen LogP contribution >= 0.6 is 11.5 Å². The molecule has 0 bridgehead atoms. The van der Waals surface area contributed by atoms with E-state index in [9.17, 15) is 0 Å². The first-order chi connectivity index (χ1) is 13.3. The van der Waals surface area contributed by atoms with Crippen LogP contribution in [0, 0.1) is 0 Å². The van der Waals surface area contributed by atoms with Crippen molar-refractivity contribution in [1.29, 1.82) is 0 Å². The average molecular weight is 381 g/mol. The molecule has 138 valence electrons. The zero-order chi connectivity index (χ0) is 18.6. The molecule has 0 atom stereocenters. The Morgan fingerprint density at radius 1 is 1.07 bits per heavy atom. The van der Waals surface area contributed by atoms with Crippen LogP contribution in [0.15, 0.2) is 66.5 Å². The van der Waals surface area contributed by atoms with Gasteiger partial charge in [-0.3, -0.25) is 0 Å². The second-order valence-corrected chi connectivity index (χ2v) is 6.80. The van der Waals surface area contributed by atoms with E-state index < -0.39 is 0 Å². The topological polar surface area (TPSA) is 49.8 Å². The van der Waals surface area contributed by atoms with Gasteiger partial charge in [0, 0.05) is 0 Å². The van der Waals surface area contributed by atoms with Crippen LogP contribution in [0.4, 0.5) is 0 Å². The highest BCUT2D eigenvalue weighted by Gasteiger charge is 2.21. The number of hydrogen-bond acceptors (Lipinski definition) is 6. The van der Waals surface area contributed by atoms with Crippen LogP contribution in [-0.2, 0) is 9.47 Å². The lowest BCUT2D eigenvalue weighted by Crippen LogP contribution is -2.03. The molecule has 27 heavy (non-hydrogen) atoms. The molecule has 0 amide bonds. The zero-order valence-corrected chi connectivity index (χ0v) is 15.9. The number of aromatic nitrogens is 1. The van der Waals surface area contributed by atoms with E-state index in [1.165, 1.54) is 11.5 Å². The van der Waals surface area contributed by atoms with Crippen molar-refractivity contribution in [1.82, 2.24) is 4.37 Å². The molecule has 5 nitrogen and oxygen atoms in total. The molecule has 0 spiro atoms. The minimum atomic E-state index is 0.640. The summed E-state index contributed by atoms with van der Waals surface area (Å²) in [5, 5.41) is 0. The summed E-state index contributed by atoms with van der Waals surface area (Å²) in [6.07, 6.45) is 13.2. The Morgan fingerprint density at radius 2 is 1.93 bits per heavy atom. The van der Waals surface area contributed by atoms with E-state index in [-0.39, 0.29) is 0 Å². The van der Waals surface area contributed by atoms with Gasteiger partial charge in [0.15, 0.2) is 23.0 Å². The lowest BCUT2D eigenvalue weighted by Gasteiger charge is -2.19. The monoisotopic (exact) mass is 381 g/mol. The van der Waals surface area contributed by atoms with Crippen molar-refractivity contribution < 1.29 is 18.9 Å². The molecule has 2 aromatic rings. The molecule has 0 N–H and O–H groups in total. The number of hydrogen-bond donors (Lipinski definition) is 0. The van der Waals surface area contributed by atoms with Crippen molar-refractivity contribution in [3.05, 3.63) is 72.0 Å². The first-order valence-electron chi connectivity index (χ1n) is 8.57. The van der Waals surface area contributed by atoms with Gasteiger partial charge in [0.25, 0.3) is 0 Å². The molecule has 1 aromatic heterocycles. The minimum Gasteiger partial charge on any atom is -0.493 e. The fourth-order valence-corrected chi connectivity index (χ4v) is 3.74. The van der Waals surface area contributed by atoms with Gasteiger partial charge in [0.2, 0.25) is 0 Å². The van der Waals surface area contributed by atoms with Crippen molar-refractivity contribution in [2.24, 2.45) is 0 Å². The fourth-order valence-electron chi connectivity index (χ4n) is 2.99. The summed E-state index contributed by atoms with van der Waals surface area (Å²) in [5.74, 6) is 2.73. The van der Waals surface area contributed by atoms with Gasteiger partial charge in [-0.2, -0.15) is 4.37 Å². The zero-order valence-electron chi connectivity index (χ0n) is 15.1. The Labute approximate surface area is 162 Å². The average Bonchev–Trinajstić information content (AvgIpc) is 3.24. The number of nitrogens with zero attached hydrogens (tertiary/aromatic N) is 1. The molecule has 4 rings (SSSR count). The largest absolute Gasteiger partial charge is 0.493 e. The number of rotatable bonds is 5. The maximum absolute atomic E-state index is 6.14. The maximum atomic E-state index is 6.14. The van der Waals surface area contributed by atoms with Gasteiger partial charge in [-0.1, -0.05) is 18.2 Å². The van der Waals surface area contributed by atoms with Crippen LogP contribution < -0.4 is 9.47 Å². The molecule has 0 saturated carbocycles. The van der Waals surface area contributed by atoms with Gasteiger partial charge < -0.3 is 18.9 Å². The highest BCUT2D eigenvalue weighted by atomic mass is 32.1. The van der Waals surface area contributed by atoms with Crippen LogP contribution in [0.2, 0.25) is 0 Å². The number of benzene rings is 1. The SMILES string of the molecule is COc1ccc(-c2sncc2C2=COC=C(C3=CC=CCC3)O2)cc1OC. The van der Waals surface area contributed by atoms with E-state index in [2.05, 4.69) is 16.5 Å². The minimum absolute atomic E-state index is 0.640. The summed E-state index contributed by atoms with van der Waals surface area (Å²) in [6, 6.07) is 5.80. The fraction of sp³-hybridized carbons (Fsp3) is 0.190. The normalized spacial score (nSPS) is 15.9. The molecular weight excluding hydrogens is 362 g/mol. The molecule has 0 fully saturated rings. The molecule has 0 unspecified atom stereocenters. The van der Waals surface area contributed by atoms with E-state index in [0.29, 0.717) is 17.3 Å². The standard InChI is InChI=1S/C21H19NO4S/c1-23-17-9-8-15(10-18(17)24-2)21-16(11-22-27-21)20-13-25-12-19(26-20)14-6-4-3-5-7-14/h3-4,6,8-13H,5,7H2,1-2H3. The third-order valence-electron chi connectivity index (χ3n) is 4.38. The van der Waals surface area contributed by atoms with Gasteiger partial charge in [-0.15, -0.1) is 0 Å². The van der Waals surface area contributed by atoms with E-state index in [1.807, 2.05) is 24.3 Å². The molecule has 2 heterocycles. The predicted molar refractivity (Wildman–Crippen MR) is 105 cm³/mol. The molecule has 0 radical (unpaired) electrons. The highest BCUT2D eigenvalue weighted by Crippen LogP contribution is 2.39. The van der Waals surface area contributed by atoms with Crippen molar-refractivity contribution in [3.8, 4) is 21.9 Å². The van der Waals surface area contributed by atoms with Crippen LogP contribution in [0.25, 0.3) is 16.2 Å².